The minimum absolute atomic E-state index is 0. The molecule has 0 aromatic rings. The maximum absolute atomic E-state index is 11.1. The number of aliphatic hydroxyl groups excluding tert-OH is 3. The van der Waals surface area contributed by atoms with Crippen LogP contribution in [0.15, 0.2) is 11.8 Å². The molecule has 20 nitrogen and oxygen atoms in total. The van der Waals surface area contributed by atoms with Crippen LogP contribution in [-0.4, -0.2) is 116 Å². The van der Waals surface area contributed by atoms with Crippen LogP contribution in [0.5, 0.6) is 0 Å². The van der Waals surface area contributed by atoms with E-state index in [0.717, 1.165) is 0 Å². The number of nitrogens with one attached hydrogen (secondary N) is 1. The minimum Gasteiger partial charge on any atom is -0.735 e. The van der Waals surface area contributed by atoms with Crippen molar-refractivity contribution in [2.75, 3.05) is 6.61 Å². The van der Waals surface area contributed by atoms with E-state index in [1.807, 2.05) is 0 Å². The topological polar surface area (TPSA) is 331 Å². The van der Waals surface area contributed by atoms with Gasteiger partial charge in [-0.3, -0.25) is 8.37 Å². The van der Waals surface area contributed by atoms with E-state index in [-0.39, 0.29) is 118 Å². The molecule has 2 heterocycles. The Kier molecular flexibility index (Phi) is 21.6. The summed E-state index contributed by atoms with van der Waals surface area (Å²) in [4.78, 5) is 11.1. The zero-order chi connectivity index (χ0) is 26.9. The summed E-state index contributed by atoms with van der Waals surface area (Å²) in [6.07, 6.45) is -15.9. The molecule has 8 atom stereocenters. The van der Waals surface area contributed by atoms with Gasteiger partial charge in [0.1, 0.15) is 42.2 Å². The molecule has 2 rings (SSSR count). The predicted octanol–water partition coefficient (Wildman–Crippen LogP) is -19.4. The normalized spacial score (nSPS) is 31.1. The molecule has 0 aliphatic carbocycles. The molecule has 27 heteroatoms. The molecule has 1 saturated heterocycles. The van der Waals surface area contributed by atoms with Crippen LogP contribution < -0.4 is 128 Å². The van der Waals surface area contributed by atoms with Crippen LogP contribution in [-0.2, 0) is 58.5 Å². The summed E-state index contributed by atoms with van der Waals surface area (Å²) in [7, 11) is -16.5. The van der Waals surface area contributed by atoms with E-state index in [2.05, 4.69) is 8.37 Å². The number of aliphatic carboxylic acids is 1. The SMILES string of the molecule is O=C([O-])C1=C[C@H](O)[C@@H](OS(=O)(=O)[O-])[C@H](O[C@H]2[C@H](O)[C@H](NS(=O)(=O)[O-])C(O)O[C@@H]2COS(=O)(=O)[O-])O1.[Na+].[Na+].[Na+].[Na+]. The van der Waals surface area contributed by atoms with Gasteiger partial charge < -0.3 is 53.1 Å². The Bertz CT molecular complexity index is 1150. The molecule has 2 aliphatic heterocycles. The number of carbonyl (C=O) groups is 1. The number of carbonyl (C=O) groups excluding carboxylic acids is 1. The number of hydrogen-bond acceptors (Lipinski definition) is 19. The maximum atomic E-state index is 11.1. The van der Waals surface area contributed by atoms with Gasteiger partial charge in [-0.25, -0.2) is 30.0 Å². The van der Waals surface area contributed by atoms with Gasteiger partial charge in [0, 0.05) is 0 Å². The molecule has 0 bridgehead atoms. The average Bonchev–Trinajstić information content (AvgIpc) is 2.65. The Labute approximate surface area is 310 Å². The second-order valence-electron chi connectivity index (χ2n) is 6.71. The molecule has 4 N–H and O–H groups in total. The van der Waals surface area contributed by atoms with Crippen molar-refractivity contribution in [3.05, 3.63) is 11.8 Å². The van der Waals surface area contributed by atoms with E-state index in [1.165, 1.54) is 4.72 Å². The largest absolute Gasteiger partial charge is 1.00 e. The van der Waals surface area contributed by atoms with Crippen LogP contribution >= 0.6 is 0 Å². The second-order valence-corrected chi connectivity index (χ2v) is 9.92. The van der Waals surface area contributed by atoms with Gasteiger partial charge in [0.2, 0.25) is 27.1 Å². The summed E-state index contributed by atoms with van der Waals surface area (Å²) in [5, 5.41) is 41.4. The van der Waals surface area contributed by atoms with Crippen molar-refractivity contribution < 1.29 is 205 Å². The first-order chi connectivity index (χ1) is 15.8. The van der Waals surface area contributed by atoms with Crippen molar-refractivity contribution in [2.45, 2.75) is 49.1 Å². The summed E-state index contributed by atoms with van der Waals surface area (Å²) in [5.41, 5.74) is 0. The van der Waals surface area contributed by atoms with Gasteiger partial charge in [-0.2, -0.15) is 0 Å². The van der Waals surface area contributed by atoms with E-state index in [1.54, 1.807) is 0 Å². The van der Waals surface area contributed by atoms with E-state index < -0.39 is 98.6 Å². The van der Waals surface area contributed by atoms with Gasteiger partial charge in [0.25, 0.3) is 0 Å². The third-order valence-electron chi connectivity index (χ3n) is 4.24. The summed E-state index contributed by atoms with van der Waals surface area (Å²) in [6.45, 7) is -1.36. The van der Waals surface area contributed by atoms with E-state index >= 15 is 0 Å². The van der Waals surface area contributed by atoms with Gasteiger partial charge in [-0.1, -0.05) is 0 Å². The van der Waals surface area contributed by atoms with Crippen LogP contribution in [0.4, 0.5) is 0 Å². The molecular weight excluding hydrogens is 650 g/mol. The summed E-state index contributed by atoms with van der Waals surface area (Å²) in [5.74, 6) is -3.31. The first-order valence-corrected chi connectivity index (χ1v) is 12.8. The molecule has 0 radical (unpaired) electrons. The van der Waals surface area contributed by atoms with E-state index in [0.29, 0.717) is 6.08 Å². The van der Waals surface area contributed by atoms with E-state index in [9.17, 15) is 64.1 Å². The van der Waals surface area contributed by atoms with Crippen LogP contribution in [0.1, 0.15) is 0 Å². The number of ether oxygens (including phenoxy) is 3. The van der Waals surface area contributed by atoms with Crippen molar-refractivity contribution in [1.82, 2.24) is 4.72 Å². The Morgan fingerprint density at radius 3 is 1.92 bits per heavy atom. The molecule has 1 unspecified atom stereocenters. The zero-order valence-corrected chi connectivity index (χ0v) is 31.0. The minimum atomic E-state index is -5.64. The van der Waals surface area contributed by atoms with Crippen molar-refractivity contribution in [3.63, 3.8) is 0 Å². The zero-order valence-electron chi connectivity index (χ0n) is 20.5. The summed E-state index contributed by atoms with van der Waals surface area (Å²) in [6, 6.07) is -2.25. The molecule has 39 heavy (non-hydrogen) atoms. The Balaban J connectivity index is -0.00000324. The molecule has 2 aliphatic rings. The van der Waals surface area contributed by atoms with Crippen molar-refractivity contribution in [2.24, 2.45) is 0 Å². The smallest absolute Gasteiger partial charge is 0.735 e. The fraction of sp³-hybridized carbons (Fsp3) is 0.750. The number of rotatable bonds is 10. The van der Waals surface area contributed by atoms with Gasteiger partial charge in [0.05, 0.1) is 6.61 Å². The van der Waals surface area contributed by atoms with E-state index in [4.69, 9.17) is 14.2 Å². The second kappa shape index (κ2) is 18.4. The van der Waals surface area contributed by atoms with Crippen molar-refractivity contribution in [1.29, 1.82) is 0 Å². The number of carboxylic acid groups (broad SMARTS) is 1. The number of hydrogen-bond donors (Lipinski definition) is 4. The van der Waals surface area contributed by atoms with Crippen LogP contribution in [0.2, 0.25) is 0 Å². The van der Waals surface area contributed by atoms with Gasteiger partial charge in [-0.05, 0) is 6.08 Å². The molecule has 0 aromatic heterocycles. The fourth-order valence-corrected chi connectivity index (χ4v) is 4.31. The molecule has 0 amide bonds. The third-order valence-corrected chi connectivity index (χ3v) is 5.68. The molecule has 1 fully saturated rings. The first kappa shape index (κ1) is 45.8. The van der Waals surface area contributed by atoms with Crippen LogP contribution in [0.3, 0.4) is 0 Å². The molecule has 0 aromatic carbocycles. The monoisotopic (exact) mass is 665 g/mol. The fourth-order valence-electron chi connectivity index (χ4n) is 2.94. The molecule has 0 saturated carbocycles. The van der Waals surface area contributed by atoms with Crippen molar-refractivity contribution >= 4 is 37.1 Å². The molecule has 204 valence electrons. The first-order valence-electron chi connectivity index (χ1n) is 8.70. The Morgan fingerprint density at radius 1 is 0.949 bits per heavy atom. The van der Waals surface area contributed by atoms with Crippen LogP contribution in [0.25, 0.3) is 0 Å². The summed E-state index contributed by atoms with van der Waals surface area (Å²) < 4.78 is 122. The Morgan fingerprint density at radius 2 is 1.49 bits per heavy atom. The van der Waals surface area contributed by atoms with Crippen LogP contribution in [0, 0.1) is 0 Å². The maximum Gasteiger partial charge on any atom is 1.00 e. The van der Waals surface area contributed by atoms with Gasteiger partial charge in [0.15, 0.2) is 22.7 Å². The third kappa shape index (κ3) is 15.3. The molecular formula is C12H15NNa4O19S3. The number of carboxylic acids is 1. The Hall–Kier alpha value is 2.42. The molecule has 0 spiro atoms. The quantitative estimate of drug-likeness (QED) is 0.0955. The van der Waals surface area contributed by atoms with Gasteiger partial charge >= 0.3 is 118 Å². The standard InChI is InChI=1S/C12H19NO19S3.4Na/c14-3-1-4(10(16)17)30-12(8(3)32-35(25,26)27)31-9-5(2-28-34(22,23)24)29-11(18)6(7(9)15)13-33(19,20)21;;;;/h1,3,5-9,11-15,18H,2H2,(H,16,17)(H,19,20,21)(H,22,23,24)(H,25,26,27);;;;/q;4*+1/p-4/t3-,5+,6-,7+,8+,9+,11?,12-;;;;/m0..../s1. The number of aliphatic hydroxyl groups is 3. The predicted molar refractivity (Wildman–Crippen MR) is 92.6 cm³/mol. The summed E-state index contributed by atoms with van der Waals surface area (Å²) >= 11 is 0. The van der Waals surface area contributed by atoms with Gasteiger partial charge in [-0.15, -0.1) is 0 Å². The van der Waals surface area contributed by atoms with Crippen molar-refractivity contribution in [3.8, 4) is 0 Å². The average molecular weight is 665 g/mol.